The van der Waals surface area contributed by atoms with E-state index in [0.717, 1.165) is 11.0 Å². The van der Waals surface area contributed by atoms with E-state index in [1.165, 1.54) is 36.1 Å². The SMILES string of the molecule is CC(=O)Nc1ccc(N2C(=O)CC(N(Cc3ccccc3Cl)C(=O)c3ccc(Cl)c([N+](=O)[O-])c3)C2=O)cc1. The summed E-state index contributed by atoms with van der Waals surface area (Å²) >= 11 is 12.2. The lowest BCUT2D eigenvalue weighted by molar-refractivity contribution is -0.384. The molecule has 12 heteroatoms. The van der Waals surface area contributed by atoms with Crippen LogP contribution >= 0.6 is 23.2 Å². The molecule has 38 heavy (non-hydrogen) atoms. The number of nitrogens with one attached hydrogen (secondary N) is 1. The minimum absolute atomic E-state index is 0.0773. The van der Waals surface area contributed by atoms with Crippen LogP contribution in [0.3, 0.4) is 0 Å². The summed E-state index contributed by atoms with van der Waals surface area (Å²) in [7, 11) is 0. The summed E-state index contributed by atoms with van der Waals surface area (Å²) in [5.41, 5.74) is 0.724. The van der Waals surface area contributed by atoms with Gasteiger partial charge in [-0.15, -0.1) is 0 Å². The molecule has 3 aromatic carbocycles. The summed E-state index contributed by atoms with van der Waals surface area (Å²) in [6, 6.07) is 15.2. The predicted molar refractivity (Wildman–Crippen MR) is 141 cm³/mol. The molecule has 3 aromatic rings. The number of nitro groups is 1. The zero-order valence-corrected chi connectivity index (χ0v) is 21.4. The number of amides is 4. The Bertz CT molecular complexity index is 1460. The number of carbonyl (C=O) groups excluding carboxylic acids is 4. The fraction of sp³-hybridized carbons (Fsp3) is 0.154. The van der Waals surface area contributed by atoms with Gasteiger partial charge < -0.3 is 10.2 Å². The number of rotatable bonds is 7. The maximum absolute atomic E-state index is 13.7. The number of nitrogens with zero attached hydrogens (tertiary/aromatic N) is 3. The van der Waals surface area contributed by atoms with Crippen molar-refractivity contribution in [3.05, 3.63) is 98.0 Å². The summed E-state index contributed by atoms with van der Waals surface area (Å²) in [6.45, 7) is 1.22. The van der Waals surface area contributed by atoms with Crippen molar-refractivity contribution in [1.29, 1.82) is 0 Å². The molecule has 0 spiro atoms. The van der Waals surface area contributed by atoms with Crippen LogP contribution in [0.25, 0.3) is 0 Å². The fourth-order valence-corrected chi connectivity index (χ4v) is 4.49. The molecule has 1 N–H and O–H groups in total. The molecule has 1 heterocycles. The van der Waals surface area contributed by atoms with Gasteiger partial charge in [0.1, 0.15) is 11.1 Å². The van der Waals surface area contributed by atoms with Crippen molar-refractivity contribution in [2.75, 3.05) is 10.2 Å². The standard InChI is InChI=1S/C26H20Cl2N4O6/c1-15(33)29-18-7-9-19(10-8-18)31-24(34)13-23(26(31)36)30(14-17-4-2-3-5-20(17)27)25(35)16-6-11-21(28)22(12-16)32(37)38/h2-12,23H,13-14H2,1H3,(H,29,33). The van der Waals surface area contributed by atoms with Gasteiger partial charge in [0.15, 0.2) is 0 Å². The van der Waals surface area contributed by atoms with Gasteiger partial charge in [-0.25, -0.2) is 4.90 Å². The minimum atomic E-state index is -1.20. The number of halogens is 2. The zero-order valence-electron chi connectivity index (χ0n) is 19.9. The topological polar surface area (TPSA) is 130 Å². The molecular formula is C26H20Cl2N4O6. The molecule has 10 nitrogen and oxygen atoms in total. The Morgan fingerprint density at radius 1 is 1.05 bits per heavy atom. The van der Waals surface area contributed by atoms with Crippen molar-refractivity contribution >= 4 is 63.9 Å². The van der Waals surface area contributed by atoms with E-state index in [9.17, 15) is 29.3 Å². The van der Waals surface area contributed by atoms with Crippen molar-refractivity contribution in [3.63, 3.8) is 0 Å². The lowest BCUT2D eigenvalue weighted by Crippen LogP contribution is -2.45. The van der Waals surface area contributed by atoms with Crippen LogP contribution in [0.4, 0.5) is 17.1 Å². The van der Waals surface area contributed by atoms with Gasteiger partial charge >= 0.3 is 0 Å². The third kappa shape index (κ3) is 5.51. The summed E-state index contributed by atoms with van der Waals surface area (Å²) < 4.78 is 0. The summed E-state index contributed by atoms with van der Waals surface area (Å²) in [5, 5.41) is 14.2. The number of hydrogen-bond acceptors (Lipinski definition) is 6. The molecule has 1 aliphatic heterocycles. The molecular weight excluding hydrogens is 535 g/mol. The Labute approximate surface area is 226 Å². The third-order valence-electron chi connectivity index (χ3n) is 5.89. The smallest absolute Gasteiger partial charge is 0.288 e. The second kappa shape index (κ2) is 11.0. The lowest BCUT2D eigenvalue weighted by atomic mass is 10.1. The van der Waals surface area contributed by atoms with Gasteiger partial charge in [0, 0.05) is 35.8 Å². The zero-order chi connectivity index (χ0) is 27.6. The number of hydrogen-bond donors (Lipinski definition) is 1. The van der Waals surface area contributed by atoms with Crippen LogP contribution in [-0.2, 0) is 20.9 Å². The van der Waals surface area contributed by atoms with E-state index >= 15 is 0 Å². The number of anilines is 2. The molecule has 0 radical (unpaired) electrons. The largest absolute Gasteiger partial charge is 0.326 e. The highest BCUT2D eigenvalue weighted by Gasteiger charge is 2.45. The van der Waals surface area contributed by atoms with E-state index in [1.807, 2.05) is 0 Å². The van der Waals surface area contributed by atoms with Gasteiger partial charge in [-0.3, -0.25) is 29.3 Å². The first-order chi connectivity index (χ1) is 18.1. The number of nitro benzene ring substituents is 1. The number of carbonyl (C=O) groups is 4. The molecule has 4 rings (SSSR count). The summed E-state index contributed by atoms with van der Waals surface area (Å²) in [6.07, 6.45) is -0.307. The molecule has 1 unspecified atom stereocenters. The van der Waals surface area contributed by atoms with E-state index in [0.29, 0.717) is 16.3 Å². The van der Waals surface area contributed by atoms with E-state index in [-0.39, 0.29) is 35.1 Å². The Balaban J connectivity index is 1.70. The number of imide groups is 1. The van der Waals surface area contributed by atoms with Crippen molar-refractivity contribution in [2.24, 2.45) is 0 Å². The molecule has 0 bridgehead atoms. The van der Waals surface area contributed by atoms with Crippen LogP contribution in [-0.4, -0.2) is 39.5 Å². The van der Waals surface area contributed by atoms with E-state index < -0.39 is 34.4 Å². The van der Waals surface area contributed by atoms with Crippen LogP contribution in [0.5, 0.6) is 0 Å². The molecule has 0 saturated carbocycles. The second-order valence-corrected chi connectivity index (χ2v) is 9.28. The summed E-state index contributed by atoms with van der Waals surface area (Å²) in [5.74, 6) is -2.17. The van der Waals surface area contributed by atoms with E-state index in [4.69, 9.17) is 23.2 Å². The molecule has 0 aromatic heterocycles. The van der Waals surface area contributed by atoms with Gasteiger partial charge in [-0.1, -0.05) is 41.4 Å². The number of benzene rings is 3. The Morgan fingerprint density at radius 2 is 1.74 bits per heavy atom. The highest BCUT2D eigenvalue weighted by molar-refractivity contribution is 6.33. The third-order valence-corrected chi connectivity index (χ3v) is 6.58. The Morgan fingerprint density at radius 3 is 2.37 bits per heavy atom. The van der Waals surface area contributed by atoms with Crippen molar-refractivity contribution < 1.29 is 24.1 Å². The minimum Gasteiger partial charge on any atom is -0.326 e. The first-order valence-electron chi connectivity index (χ1n) is 11.3. The van der Waals surface area contributed by atoms with Crippen LogP contribution < -0.4 is 10.2 Å². The average molecular weight is 555 g/mol. The van der Waals surface area contributed by atoms with E-state index in [2.05, 4.69) is 5.32 Å². The predicted octanol–water partition coefficient (Wildman–Crippen LogP) is 4.83. The van der Waals surface area contributed by atoms with Crippen LogP contribution in [0, 0.1) is 10.1 Å². The van der Waals surface area contributed by atoms with Gasteiger partial charge in [-0.05, 0) is 48.0 Å². The van der Waals surface area contributed by atoms with Crippen LogP contribution in [0.2, 0.25) is 10.0 Å². The van der Waals surface area contributed by atoms with Gasteiger partial charge in [0.05, 0.1) is 17.0 Å². The maximum atomic E-state index is 13.7. The van der Waals surface area contributed by atoms with Crippen molar-refractivity contribution in [3.8, 4) is 0 Å². The Kier molecular flexibility index (Phi) is 7.75. The first kappa shape index (κ1) is 26.8. The van der Waals surface area contributed by atoms with Gasteiger partial charge in [-0.2, -0.15) is 0 Å². The molecule has 1 aliphatic rings. The average Bonchev–Trinajstić information content (AvgIpc) is 3.16. The lowest BCUT2D eigenvalue weighted by Gasteiger charge is -2.28. The highest BCUT2D eigenvalue weighted by Crippen LogP contribution is 2.31. The van der Waals surface area contributed by atoms with E-state index in [1.54, 1.807) is 36.4 Å². The van der Waals surface area contributed by atoms with Gasteiger partial charge in [0.2, 0.25) is 11.8 Å². The molecule has 194 valence electrons. The highest BCUT2D eigenvalue weighted by atomic mass is 35.5. The van der Waals surface area contributed by atoms with Crippen molar-refractivity contribution in [1.82, 2.24) is 4.90 Å². The van der Waals surface area contributed by atoms with Gasteiger partial charge in [0.25, 0.3) is 17.5 Å². The normalized spacial score (nSPS) is 14.9. The fourth-order valence-electron chi connectivity index (χ4n) is 4.11. The monoisotopic (exact) mass is 554 g/mol. The molecule has 1 saturated heterocycles. The van der Waals surface area contributed by atoms with Crippen molar-refractivity contribution in [2.45, 2.75) is 25.9 Å². The van der Waals surface area contributed by atoms with Crippen LogP contribution in [0.1, 0.15) is 29.3 Å². The molecule has 4 amide bonds. The molecule has 1 atom stereocenters. The Hall–Kier alpha value is -4.28. The molecule has 1 fully saturated rings. The quantitative estimate of drug-likeness (QED) is 0.253. The first-order valence-corrected chi connectivity index (χ1v) is 12.0. The van der Waals surface area contributed by atoms with Crippen LogP contribution in [0.15, 0.2) is 66.7 Å². The second-order valence-electron chi connectivity index (χ2n) is 8.46. The maximum Gasteiger partial charge on any atom is 0.288 e. The summed E-state index contributed by atoms with van der Waals surface area (Å²) in [4.78, 5) is 64.3. The molecule has 0 aliphatic carbocycles.